The van der Waals surface area contributed by atoms with Gasteiger partial charge in [-0.05, 0) is 48.2 Å². The van der Waals surface area contributed by atoms with Gasteiger partial charge in [0.05, 0.1) is 16.9 Å². The molecule has 0 spiro atoms. The van der Waals surface area contributed by atoms with E-state index in [9.17, 15) is 13.6 Å². The molecule has 1 amide bonds. The van der Waals surface area contributed by atoms with Crippen molar-refractivity contribution < 1.29 is 18.3 Å². The summed E-state index contributed by atoms with van der Waals surface area (Å²) in [7, 11) is 0. The lowest BCUT2D eigenvalue weighted by Gasteiger charge is -2.26. The third kappa shape index (κ3) is 6.77. The Bertz CT molecular complexity index is 1570. The summed E-state index contributed by atoms with van der Waals surface area (Å²) in [5.41, 5.74) is 1.88. The highest BCUT2D eigenvalue weighted by Gasteiger charge is 2.23. The number of nitrogens with zero attached hydrogens (tertiary/aromatic N) is 3. The van der Waals surface area contributed by atoms with Crippen molar-refractivity contribution in [3.05, 3.63) is 66.2 Å². The number of hydrogen-bond acceptors (Lipinski definition) is 7. The minimum absolute atomic E-state index is 0.113. The molecule has 0 unspecified atom stereocenters. The van der Waals surface area contributed by atoms with E-state index in [4.69, 9.17) is 4.74 Å². The maximum absolute atomic E-state index is 15.0. The van der Waals surface area contributed by atoms with Crippen LogP contribution < -0.4 is 20.7 Å². The van der Waals surface area contributed by atoms with Gasteiger partial charge >= 0.3 is 0 Å². The van der Waals surface area contributed by atoms with Gasteiger partial charge in [-0.1, -0.05) is 32.9 Å². The molecule has 0 bridgehead atoms. The first kappa shape index (κ1) is 28.4. The molecule has 2 aromatic heterocycles. The van der Waals surface area contributed by atoms with E-state index in [-0.39, 0.29) is 29.5 Å². The third-order valence-corrected chi connectivity index (χ3v) is 6.78. The molecule has 1 saturated heterocycles. The zero-order valence-corrected chi connectivity index (χ0v) is 23.6. The molecule has 2 atom stereocenters. The van der Waals surface area contributed by atoms with E-state index in [0.29, 0.717) is 59.1 Å². The van der Waals surface area contributed by atoms with Gasteiger partial charge in [0.15, 0.2) is 0 Å². The quantitative estimate of drug-likeness (QED) is 0.240. The highest BCUT2D eigenvalue weighted by Crippen LogP contribution is 2.39. The number of alkyl halides is 1. The number of nitrogens with one attached hydrogen (secondary N) is 3. The molecule has 4 aromatic rings. The summed E-state index contributed by atoms with van der Waals surface area (Å²) in [5.74, 6) is 0.382. The molecule has 3 heterocycles. The van der Waals surface area contributed by atoms with Gasteiger partial charge in [-0.15, -0.1) is 0 Å². The molecule has 1 aliphatic heterocycles. The van der Waals surface area contributed by atoms with E-state index in [2.05, 4.69) is 30.9 Å². The zero-order valence-electron chi connectivity index (χ0n) is 23.6. The Morgan fingerprint density at radius 1 is 1.07 bits per heavy atom. The summed E-state index contributed by atoms with van der Waals surface area (Å²) in [5, 5.41) is 10.2. The van der Waals surface area contributed by atoms with Crippen LogP contribution in [0.1, 0.15) is 39.2 Å². The molecule has 41 heavy (non-hydrogen) atoms. The Labute approximate surface area is 238 Å². The highest BCUT2D eigenvalue weighted by molar-refractivity contribution is 6.05. The number of halogens is 2. The topological polar surface area (TPSA) is 101 Å². The lowest BCUT2D eigenvalue weighted by molar-refractivity contribution is -0.117. The van der Waals surface area contributed by atoms with Crippen molar-refractivity contribution >= 4 is 28.3 Å². The first-order chi connectivity index (χ1) is 19.6. The summed E-state index contributed by atoms with van der Waals surface area (Å²) < 4.78 is 35.2. The van der Waals surface area contributed by atoms with Gasteiger partial charge in [0, 0.05) is 55.1 Å². The van der Waals surface area contributed by atoms with E-state index >= 15 is 0 Å². The van der Waals surface area contributed by atoms with Crippen molar-refractivity contribution in [3.8, 4) is 22.9 Å². The predicted octanol–water partition coefficient (Wildman–Crippen LogP) is 6.42. The minimum atomic E-state index is -0.924. The van der Waals surface area contributed by atoms with Gasteiger partial charge in [-0.25, -0.2) is 23.7 Å². The Kier molecular flexibility index (Phi) is 8.12. The number of hydrogen-bond donors (Lipinski definition) is 3. The number of aromatic nitrogens is 3. The average Bonchev–Trinajstić information content (AvgIpc) is 2.91. The summed E-state index contributed by atoms with van der Waals surface area (Å²) in [6, 6.07) is 11.8. The van der Waals surface area contributed by atoms with Crippen LogP contribution in [0, 0.1) is 18.2 Å². The fraction of sp³-hybridized carbons (Fsp3) is 0.355. The number of ether oxygens (including phenoxy) is 1. The van der Waals surface area contributed by atoms with Gasteiger partial charge in [-0.2, -0.15) is 0 Å². The number of anilines is 2. The SMILES string of the molecule is Cc1ccc2c(NC(=O)CC(C)(C)C)c(F)ccc2c1Oc1ncccc1-c1ccnc(N[C@@H]2CNC[C@@H](F)C2)n1. The number of rotatable bonds is 7. The van der Waals surface area contributed by atoms with Crippen LogP contribution in [0.3, 0.4) is 0 Å². The first-order valence-corrected chi connectivity index (χ1v) is 13.7. The molecular formula is C31H34F2N6O2. The van der Waals surface area contributed by atoms with E-state index in [0.717, 1.165) is 5.56 Å². The number of carbonyl (C=O) groups is 1. The summed E-state index contributed by atoms with van der Waals surface area (Å²) >= 11 is 0. The predicted molar refractivity (Wildman–Crippen MR) is 156 cm³/mol. The van der Waals surface area contributed by atoms with Crippen molar-refractivity contribution in [2.75, 3.05) is 23.7 Å². The van der Waals surface area contributed by atoms with Crippen LogP contribution in [0.5, 0.6) is 11.6 Å². The van der Waals surface area contributed by atoms with Crippen molar-refractivity contribution in [3.63, 3.8) is 0 Å². The second kappa shape index (κ2) is 11.7. The monoisotopic (exact) mass is 560 g/mol. The number of piperidine rings is 1. The first-order valence-electron chi connectivity index (χ1n) is 13.7. The van der Waals surface area contributed by atoms with Crippen LogP contribution in [0.15, 0.2) is 54.9 Å². The smallest absolute Gasteiger partial charge is 0.228 e. The van der Waals surface area contributed by atoms with Gasteiger partial charge in [0.1, 0.15) is 17.7 Å². The maximum Gasteiger partial charge on any atom is 0.228 e. The molecular weight excluding hydrogens is 526 g/mol. The summed E-state index contributed by atoms with van der Waals surface area (Å²) in [6.45, 7) is 8.72. The number of carbonyl (C=O) groups excluding carboxylic acids is 1. The highest BCUT2D eigenvalue weighted by atomic mass is 19.1. The normalized spacial score (nSPS) is 17.3. The Morgan fingerprint density at radius 2 is 1.88 bits per heavy atom. The average molecular weight is 561 g/mol. The summed E-state index contributed by atoms with van der Waals surface area (Å²) in [6.07, 6.45) is 2.95. The van der Waals surface area contributed by atoms with Crippen LogP contribution in [-0.4, -0.2) is 46.2 Å². The number of benzene rings is 2. The second-order valence-corrected chi connectivity index (χ2v) is 11.6. The molecule has 0 aliphatic carbocycles. The molecule has 0 saturated carbocycles. The van der Waals surface area contributed by atoms with Crippen molar-refractivity contribution in [2.45, 2.75) is 52.8 Å². The van der Waals surface area contributed by atoms with Gasteiger partial charge in [0.2, 0.25) is 17.7 Å². The lowest BCUT2D eigenvalue weighted by Crippen LogP contribution is -2.44. The van der Waals surface area contributed by atoms with Crippen molar-refractivity contribution in [1.82, 2.24) is 20.3 Å². The molecule has 1 aliphatic rings. The number of aryl methyl sites for hydroxylation is 1. The van der Waals surface area contributed by atoms with E-state index in [1.54, 1.807) is 36.7 Å². The zero-order chi connectivity index (χ0) is 29.1. The lowest BCUT2D eigenvalue weighted by atomic mass is 9.92. The number of amides is 1. The largest absolute Gasteiger partial charge is 0.437 e. The molecule has 1 fully saturated rings. The van der Waals surface area contributed by atoms with Crippen molar-refractivity contribution in [1.29, 1.82) is 0 Å². The maximum atomic E-state index is 15.0. The molecule has 214 valence electrons. The second-order valence-electron chi connectivity index (χ2n) is 11.6. The van der Waals surface area contributed by atoms with Crippen LogP contribution >= 0.6 is 0 Å². The fourth-order valence-electron chi connectivity index (χ4n) is 4.91. The van der Waals surface area contributed by atoms with Crippen LogP contribution in [-0.2, 0) is 4.79 Å². The molecule has 10 heteroatoms. The van der Waals surface area contributed by atoms with Crippen LogP contribution in [0.25, 0.3) is 22.0 Å². The minimum Gasteiger partial charge on any atom is -0.437 e. The van der Waals surface area contributed by atoms with E-state index < -0.39 is 12.0 Å². The number of pyridine rings is 1. The fourth-order valence-corrected chi connectivity index (χ4v) is 4.91. The number of fused-ring (bicyclic) bond motifs is 1. The van der Waals surface area contributed by atoms with Gasteiger partial charge in [0.25, 0.3) is 0 Å². The van der Waals surface area contributed by atoms with E-state index in [1.165, 1.54) is 6.07 Å². The Hall–Kier alpha value is -4.18. The van der Waals surface area contributed by atoms with Gasteiger partial charge in [-0.3, -0.25) is 4.79 Å². The summed E-state index contributed by atoms with van der Waals surface area (Å²) in [4.78, 5) is 26.1. The van der Waals surface area contributed by atoms with Crippen LogP contribution in [0.4, 0.5) is 20.4 Å². The molecule has 2 aromatic carbocycles. The third-order valence-electron chi connectivity index (χ3n) is 6.78. The standard InChI is InChI=1S/C31H34F2N6O2/c1-18-7-8-21-22(9-10-24(33)27(21)39-26(40)15-31(2,3)4)28(18)41-29-23(6-5-12-35-29)25-11-13-36-30(38-25)37-20-14-19(32)16-34-17-20/h5-13,19-20,34H,14-17H2,1-4H3,(H,39,40)(H,36,37,38)/t19-,20-/m0/s1. The Morgan fingerprint density at radius 3 is 2.66 bits per heavy atom. The molecule has 8 nitrogen and oxygen atoms in total. The van der Waals surface area contributed by atoms with Gasteiger partial charge < -0.3 is 20.7 Å². The van der Waals surface area contributed by atoms with Crippen LogP contribution in [0.2, 0.25) is 0 Å². The molecule has 5 rings (SSSR count). The molecule has 0 radical (unpaired) electrons. The Balaban J connectivity index is 1.47. The molecule has 3 N–H and O–H groups in total. The van der Waals surface area contributed by atoms with E-state index in [1.807, 2.05) is 39.8 Å². The van der Waals surface area contributed by atoms with Crippen molar-refractivity contribution in [2.24, 2.45) is 5.41 Å².